The van der Waals surface area contributed by atoms with Gasteiger partial charge in [0.05, 0.1) is 0 Å². The Morgan fingerprint density at radius 1 is 1.70 bits per heavy atom. The molecule has 0 aliphatic rings. The van der Waals surface area contributed by atoms with Crippen LogP contribution in [0.5, 0.6) is 0 Å². The van der Waals surface area contributed by atoms with Crippen LogP contribution in [0.1, 0.15) is 20.3 Å². The molecule has 2 nitrogen and oxygen atoms in total. The molecule has 0 aromatic carbocycles. The molecule has 58 valence electrons. The van der Waals surface area contributed by atoms with Crippen molar-refractivity contribution >= 4 is 5.97 Å². The normalized spacial score (nSPS) is 13.1. The lowest BCUT2D eigenvalue weighted by Gasteiger charge is -2.14. The van der Waals surface area contributed by atoms with E-state index in [2.05, 4.69) is 6.58 Å². The first-order valence-electron chi connectivity index (χ1n) is 3.41. The molecule has 0 bridgehead atoms. The average molecular weight is 141 g/mol. The molecule has 0 aliphatic carbocycles. The lowest BCUT2D eigenvalue weighted by Crippen LogP contribution is -2.30. The Morgan fingerprint density at radius 2 is 2.20 bits per heavy atom. The first-order valence-corrected chi connectivity index (χ1v) is 3.41. The molecular weight excluding hydrogens is 128 g/mol. The van der Waals surface area contributed by atoms with E-state index in [0.717, 1.165) is 0 Å². The van der Waals surface area contributed by atoms with Gasteiger partial charge in [-0.05, 0) is 12.3 Å². The van der Waals surface area contributed by atoms with Crippen molar-refractivity contribution in [1.82, 2.24) is 0 Å². The van der Waals surface area contributed by atoms with Crippen molar-refractivity contribution < 1.29 is 9.90 Å². The monoisotopic (exact) mass is 141 g/mol. The van der Waals surface area contributed by atoms with Crippen LogP contribution >= 0.6 is 0 Å². The van der Waals surface area contributed by atoms with Gasteiger partial charge < -0.3 is 9.90 Å². The van der Waals surface area contributed by atoms with E-state index in [0.29, 0.717) is 12.3 Å². The van der Waals surface area contributed by atoms with Gasteiger partial charge in [0.25, 0.3) is 0 Å². The fraction of sp³-hybridized carbons (Fsp3) is 0.625. The molecule has 2 heteroatoms. The molecule has 0 spiro atoms. The molecule has 0 aliphatic heterocycles. The van der Waals surface area contributed by atoms with E-state index in [1.807, 2.05) is 13.8 Å². The van der Waals surface area contributed by atoms with Crippen LogP contribution in [0, 0.1) is 11.8 Å². The fourth-order valence-corrected chi connectivity index (χ4v) is 0.797. The molecule has 0 aromatic rings. The van der Waals surface area contributed by atoms with E-state index in [-0.39, 0.29) is 0 Å². The molecule has 0 saturated heterocycles. The SMILES string of the molecule is C=CC(CC(C)C)C(=O)[O-]. The number of hydrogen-bond donors (Lipinski definition) is 0. The zero-order valence-electron chi connectivity index (χ0n) is 6.46. The summed E-state index contributed by atoms with van der Waals surface area (Å²) in [5, 5.41) is 10.3. The van der Waals surface area contributed by atoms with Crippen molar-refractivity contribution in [1.29, 1.82) is 0 Å². The molecule has 0 heterocycles. The molecule has 0 amide bonds. The second-order valence-electron chi connectivity index (χ2n) is 2.79. The highest BCUT2D eigenvalue weighted by molar-refractivity contribution is 5.69. The van der Waals surface area contributed by atoms with Gasteiger partial charge in [-0.1, -0.05) is 19.9 Å². The summed E-state index contributed by atoms with van der Waals surface area (Å²) in [6, 6.07) is 0. The van der Waals surface area contributed by atoms with E-state index in [9.17, 15) is 9.90 Å². The van der Waals surface area contributed by atoms with Crippen molar-refractivity contribution in [3.8, 4) is 0 Å². The Bertz CT molecular complexity index is 127. The van der Waals surface area contributed by atoms with E-state index in [4.69, 9.17) is 0 Å². The van der Waals surface area contributed by atoms with Gasteiger partial charge in [-0.25, -0.2) is 0 Å². The largest absolute Gasteiger partial charge is 0.550 e. The lowest BCUT2D eigenvalue weighted by molar-refractivity contribution is -0.310. The van der Waals surface area contributed by atoms with Gasteiger partial charge in [-0.2, -0.15) is 0 Å². The predicted molar refractivity (Wildman–Crippen MR) is 38.1 cm³/mol. The summed E-state index contributed by atoms with van der Waals surface area (Å²) < 4.78 is 0. The van der Waals surface area contributed by atoms with Crippen LogP contribution in [0.3, 0.4) is 0 Å². The van der Waals surface area contributed by atoms with Crippen molar-refractivity contribution in [2.75, 3.05) is 0 Å². The molecule has 0 radical (unpaired) electrons. The zero-order valence-corrected chi connectivity index (χ0v) is 6.46. The van der Waals surface area contributed by atoms with Crippen LogP contribution in [0.25, 0.3) is 0 Å². The van der Waals surface area contributed by atoms with Crippen LogP contribution in [0.15, 0.2) is 12.7 Å². The van der Waals surface area contributed by atoms with Crippen LogP contribution < -0.4 is 5.11 Å². The maximum atomic E-state index is 10.3. The quantitative estimate of drug-likeness (QED) is 0.537. The molecule has 1 atom stereocenters. The van der Waals surface area contributed by atoms with Crippen molar-refractivity contribution in [3.63, 3.8) is 0 Å². The van der Waals surface area contributed by atoms with E-state index in [1.165, 1.54) is 6.08 Å². The molecule has 1 unspecified atom stereocenters. The number of rotatable bonds is 4. The topological polar surface area (TPSA) is 40.1 Å². The van der Waals surface area contributed by atoms with E-state index < -0.39 is 11.9 Å². The van der Waals surface area contributed by atoms with Gasteiger partial charge in [0.1, 0.15) is 0 Å². The minimum Gasteiger partial charge on any atom is -0.550 e. The number of carboxylic acids is 1. The molecule has 0 fully saturated rings. The van der Waals surface area contributed by atoms with Gasteiger partial charge in [-0.15, -0.1) is 6.58 Å². The first-order chi connectivity index (χ1) is 4.57. The Morgan fingerprint density at radius 3 is 2.30 bits per heavy atom. The third-order valence-electron chi connectivity index (χ3n) is 1.31. The molecule has 0 N–H and O–H groups in total. The average Bonchev–Trinajstić information content (AvgIpc) is 1.81. The van der Waals surface area contributed by atoms with Gasteiger partial charge in [0, 0.05) is 11.9 Å². The minimum atomic E-state index is -1.02. The molecule has 0 saturated carbocycles. The first kappa shape index (κ1) is 9.21. The van der Waals surface area contributed by atoms with Crippen LogP contribution in [-0.4, -0.2) is 5.97 Å². The van der Waals surface area contributed by atoms with Crippen molar-refractivity contribution in [3.05, 3.63) is 12.7 Å². The number of hydrogen-bond acceptors (Lipinski definition) is 2. The van der Waals surface area contributed by atoms with Crippen LogP contribution in [0.2, 0.25) is 0 Å². The maximum absolute atomic E-state index is 10.3. The summed E-state index contributed by atoms with van der Waals surface area (Å²) in [5.74, 6) is -1.13. The molecular formula is C8H13O2-. The summed E-state index contributed by atoms with van der Waals surface area (Å²) in [4.78, 5) is 10.3. The van der Waals surface area contributed by atoms with Gasteiger partial charge in [0.2, 0.25) is 0 Å². The fourth-order valence-electron chi connectivity index (χ4n) is 0.797. The number of carboxylic acid groups (broad SMARTS) is 1. The third-order valence-corrected chi connectivity index (χ3v) is 1.31. The highest BCUT2D eigenvalue weighted by Crippen LogP contribution is 2.10. The Labute approximate surface area is 61.6 Å². The summed E-state index contributed by atoms with van der Waals surface area (Å²) in [6.07, 6.45) is 2.04. The van der Waals surface area contributed by atoms with Gasteiger partial charge >= 0.3 is 0 Å². The minimum absolute atomic E-state index is 0.376. The van der Waals surface area contributed by atoms with Gasteiger partial charge in [-0.3, -0.25) is 0 Å². The van der Waals surface area contributed by atoms with Crippen molar-refractivity contribution in [2.24, 2.45) is 11.8 Å². The highest BCUT2D eigenvalue weighted by atomic mass is 16.4. The Kier molecular flexibility index (Phi) is 3.77. The number of carbonyl (C=O) groups excluding carboxylic acids is 1. The highest BCUT2D eigenvalue weighted by Gasteiger charge is 2.06. The predicted octanol–water partition coefficient (Wildman–Crippen LogP) is 0.585. The second kappa shape index (κ2) is 4.09. The molecule has 0 rings (SSSR count). The maximum Gasteiger partial charge on any atom is 0.0483 e. The summed E-state index contributed by atoms with van der Waals surface area (Å²) in [5.41, 5.74) is 0. The van der Waals surface area contributed by atoms with E-state index in [1.54, 1.807) is 0 Å². The summed E-state index contributed by atoms with van der Waals surface area (Å²) >= 11 is 0. The summed E-state index contributed by atoms with van der Waals surface area (Å²) in [6.45, 7) is 7.36. The van der Waals surface area contributed by atoms with Gasteiger partial charge in [0.15, 0.2) is 0 Å². The Balaban J connectivity index is 3.83. The Hall–Kier alpha value is -0.790. The third kappa shape index (κ3) is 3.28. The standard InChI is InChI=1S/C8H14O2/c1-4-7(8(9)10)5-6(2)3/h4,6-7H,1,5H2,2-3H3,(H,9,10)/p-1. The number of carbonyl (C=O) groups is 1. The smallest absolute Gasteiger partial charge is 0.0483 e. The van der Waals surface area contributed by atoms with Crippen molar-refractivity contribution in [2.45, 2.75) is 20.3 Å². The summed E-state index contributed by atoms with van der Waals surface area (Å²) in [7, 11) is 0. The molecule has 10 heavy (non-hydrogen) atoms. The molecule has 0 aromatic heterocycles. The van der Waals surface area contributed by atoms with E-state index >= 15 is 0 Å². The second-order valence-corrected chi connectivity index (χ2v) is 2.79. The zero-order chi connectivity index (χ0) is 8.15. The lowest BCUT2D eigenvalue weighted by atomic mass is 9.98. The number of aliphatic carboxylic acids is 1. The van der Waals surface area contributed by atoms with Crippen LogP contribution in [0.4, 0.5) is 0 Å². The van der Waals surface area contributed by atoms with Crippen LogP contribution in [-0.2, 0) is 4.79 Å².